The number of imide groups is 1. The number of fused-ring (bicyclic) bond motifs is 1. The molecule has 4 rings (SSSR count). The van der Waals surface area contributed by atoms with Gasteiger partial charge < -0.3 is 40.0 Å². The molecule has 238 valence electrons. The van der Waals surface area contributed by atoms with Crippen LogP contribution < -0.4 is 20.9 Å². The summed E-state index contributed by atoms with van der Waals surface area (Å²) in [6.45, 7) is 1.49. The van der Waals surface area contributed by atoms with Crippen molar-refractivity contribution in [3.05, 3.63) is 6.33 Å². The van der Waals surface area contributed by atoms with Crippen molar-refractivity contribution in [3.63, 3.8) is 0 Å². The minimum absolute atomic E-state index is 0.0941. The summed E-state index contributed by atoms with van der Waals surface area (Å²) in [7, 11) is 2.68. The first-order valence-corrected chi connectivity index (χ1v) is 16.3. The molecule has 43 heavy (non-hydrogen) atoms. The molecule has 2 fully saturated rings. The summed E-state index contributed by atoms with van der Waals surface area (Å²) in [5.74, 6) is -1.42. The summed E-state index contributed by atoms with van der Waals surface area (Å²) in [4.78, 5) is 49.9. The molecule has 0 spiro atoms. The maximum Gasteiger partial charge on any atom is 0.327 e. The summed E-state index contributed by atoms with van der Waals surface area (Å²) < 4.78 is 37.4. The van der Waals surface area contributed by atoms with Crippen molar-refractivity contribution in [1.82, 2.24) is 34.8 Å². The molecule has 0 saturated carbocycles. The van der Waals surface area contributed by atoms with Gasteiger partial charge in [-0.3, -0.25) is 23.6 Å². The SMILES string of the molecule is COc1nc(N)nc2c1ncn2[C@@H]1O[C@H](CO[P@](=O)(N[C@H](C)C(=O)OC(C)C)SC[C@H]2NC(=O)N(C)C2=O)[C@@H](O)[C@@]1(C)O. The number of nitrogens with zero attached hydrogens (tertiary/aromatic N) is 5. The molecule has 2 aromatic heterocycles. The van der Waals surface area contributed by atoms with Crippen molar-refractivity contribution in [2.24, 2.45) is 0 Å². The Balaban J connectivity index is 1.53. The fourth-order valence-electron chi connectivity index (χ4n) is 4.43. The van der Waals surface area contributed by atoms with Crippen molar-refractivity contribution in [3.8, 4) is 5.88 Å². The first-order chi connectivity index (χ1) is 20.1. The number of nitrogen functional groups attached to an aromatic ring is 1. The topological polar surface area (TPSA) is 243 Å². The highest BCUT2D eigenvalue weighted by molar-refractivity contribution is 8.56. The van der Waals surface area contributed by atoms with Gasteiger partial charge in [0.05, 0.1) is 26.1 Å². The lowest BCUT2D eigenvalue weighted by Crippen LogP contribution is -2.44. The van der Waals surface area contributed by atoms with Crippen LogP contribution >= 0.6 is 18.1 Å². The van der Waals surface area contributed by atoms with E-state index in [4.69, 9.17) is 24.5 Å². The van der Waals surface area contributed by atoms with Crippen molar-refractivity contribution in [1.29, 1.82) is 0 Å². The second kappa shape index (κ2) is 12.5. The molecule has 20 heteroatoms. The average molecular weight is 647 g/mol. The molecule has 0 aromatic carbocycles. The number of aromatic nitrogens is 4. The van der Waals surface area contributed by atoms with E-state index in [-0.39, 0.29) is 28.7 Å². The van der Waals surface area contributed by atoms with Crippen LogP contribution in [0, 0.1) is 0 Å². The number of likely N-dealkylation sites (N-methyl/N-ethyl adjacent to an activating group) is 1. The number of anilines is 1. The molecule has 0 bridgehead atoms. The number of rotatable bonds is 12. The number of esters is 1. The first kappa shape index (κ1) is 32.8. The smallest absolute Gasteiger partial charge is 0.327 e. The van der Waals surface area contributed by atoms with Gasteiger partial charge in [-0.25, -0.2) is 14.9 Å². The molecule has 18 nitrogen and oxygen atoms in total. The van der Waals surface area contributed by atoms with Crippen molar-refractivity contribution >= 4 is 53.1 Å². The van der Waals surface area contributed by atoms with Crippen molar-refractivity contribution in [2.45, 2.75) is 69.9 Å². The minimum Gasteiger partial charge on any atom is -0.479 e. The molecular formula is C23H35N8O10PS. The molecule has 2 aliphatic rings. The predicted molar refractivity (Wildman–Crippen MR) is 152 cm³/mol. The second-order valence-electron chi connectivity index (χ2n) is 10.4. The Kier molecular flexibility index (Phi) is 9.55. The zero-order valence-corrected chi connectivity index (χ0v) is 26.0. The van der Waals surface area contributed by atoms with Gasteiger partial charge in [0.15, 0.2) is 17.4 Å². The van der Waals surface area contributed by atoms with E-state index < -0.39 is 73.5 Å². The Morgan fingerprint density at radius 2 is 2.05 bits per heavy atom. The lowest BCUT2D eigenvalue weighted by atomic mass is 9.96. The zero-order chi connectivity index (χ0) is 31.9. The number of carbonyl (C=O) groups is 3. The fraction of sp³-hybridized carbons (Fsp3) is 0.652. The van der Waals surface area contributed by atoms with E-state index in [1.807, 2.05) is 0 Å². The van der Waals surface area contributed by atoms with E-state index in [9.17, 15) is 29.2 Å². The largest absolute Gasteiger partial charge is 0.479 e. The van der Waals surface area contributed by atoms with E-state index in [1.165, 1.54) is 38.9 Å². The van der Waals surface area contributed by atoms with E-state index in [0.717, 1.165) is 4.90 Å². The van der Waals surface area contributed by atoms with Crippen LogP contribution in [-0.4, -0.2) is 115 Å². The summed E-state index contributed by atoms with van der Waals surface area (Å²) >= 11 is 0.677. The Morgan fingerprint density at radius 3 is 2.65 bits per heavy atom. The molecule has 0 unspecified atom stereocenters. The fourth-order valence-corrected chi connectivity index (χ4v) is 8.29. The van der Waals surface area contributed by atoms with Crippen LogP contribution in [0.3, 0.4) is 0 Å². The maximum atomic E-state index is 14.0. The quantitative estimate of drug-likeness (QED) is 0.114. The summed E-state index contributed by atoms with van der Waals surface area (Å²) in [6.07, 6.45) is -3.16. The third kappa shape index (κ3) is 6.72. The Morgan fingerprint density at radius 1 is 1.35 bits per heavy atom. The molecule has 7 atom stereocenters. The number of nitrogens with two attached hydrogens (primary N) is 1. The Hall–Kier alpha value is -3.06. The van der Waals surface area contributed by atoms with Crippen LogP contribution in [0.5, 0.6) is 5.88 Å². The van der Waals surface area contributed by atoms with E-state index in [1.54, 1.807) is 13.8 Å². The number of ether oxygens (including phenoxy) is 3. The number of nitrogens with one attached hydrogen (secondary N) is 2. The minimum atomic E-state index is -4.05. The molecule has 3 amide bonds. The second-order valence-corrected chi connectivity index (χ2v) is 14.8. The van der Waals surface area contributed by atoms with Crippen LogP contribution in [0.1, 0.15) is 33.9 Å². The number of hydrogen-bond donors (Lipinski definition) is 5. The molecule has 2 saturated heterocycles. The van der Waals surface area contributed by atoms with Crippen molar-refractivity contribution in [2.75, 3.05) is 32.3 Å². The highest BCUT2D eigenvalue weighted by atomic mass is 32.7. The summed E-state index contributed by atoms with van der Waals surface area (Å²) in [5, 5.41) is 27.4. The number of amides is 3. The lowest BCUT2D eigenvalue weighted by molar-refractivity contribution is -0.149. The van der Waals surface area contributed by atoms with Gasteiger partial charge in [-0.1, -0.05) is 11.4 Å². The van der Waals surface area contributed by atoms with Crippen LogP contribution in [0.15, 0.2) is 6.33 Å². The standard InChI is InChI=1S/C23H35N8O10PS/c1-10(2)40-19(34)11(3)29-42(37,43-8-12-18(33)30(5)22(35)26-12)39-7-13-15(32)23(4,36)20(41-13)31-9-25-14-16(31)27-21(24)28-17(14)38-6/h9-13,15,20,32,36H,7-8H2,1-6H3,(H,26,35)(H,29,37)(H2,24,27,28)/t11-,12-,13-,15-,20-,23-,42-/m1/s1. The third-order valence-electron chi connectivity index (χ3n) is 6.72. The molecule has 0 aliphatic carbocycles. The highest BCUT2D eigenvalue weighted by Gasteiger charge is 2.54. The summed E-state index contributed by atoms with van der Waals surface area (Å²) in [5.41, 5.74) is 4.27. The number of aliphatic hydroxyl groups excluding tert-OH is 1. The Bertz CT molecular complexity index is 1440. The van der Waals surface area contributed by atoms with E-state index >= 15 is 0 Å². The Labute approximate surface area is 250 Å². The molecular weight excluding hydrogens is 611 g/mol. The number of hydrogen-bond acceptors (Lipinski definition) is 15. The van der Waals surface area contributed by atoms with Crippen LogP contribution in [0.2, 0.25) is 0 Å². The van der Waals surface area contributed by atoms with E-state index in [0.29, 0.717) is 11.4 Å². The van der Waals surface area contributed by atoms with Gasteiger partial charge in [0.25, 0.3) is 5.91 Å². The van der Waals surface area contributed by atoms with Crippen LogP contribution in [0.25, 0.3) is 11.2 Å². The third-order valence-corrected chi connectivity index (χ3v) is 10.8. The van der Waals surface area contributed by atoms with Gasteiger partial charge in [-0.05, 0) is 27.7 Å². The summed E-state index contributed by atoms with van der Waals surface area (Å²) in [6, 6.07) is -2.70. The number of carbonyl (C=O) groups excluding carboxylic acids is 3. The average Bonchev–Trinajstić information content (AvgIpc) is 3.53. The zero-order valence-electron chi connectivity index (χ0n) is 24.3. The van der Waals surface area contributed by atoms with Gasteiger partial charge in [0.2, 0.25) is 11.8 Å². The molecule has 0 radical (unpaired) electrons. The monoisotopic (exact) mass is 646 g/mol. The number of methoxy groups -OCH3 is 1. The van der Waals surface area contributed by atoms with Gasteiger partial charge in [-0.2, -0.15) is 9.97 Å². The normalized spacial score (nSPS) is 27.9. The van der Waals surface area contributed by atoms with Gasteiger partial charge in [0, 0.05) is 12.8 Å². The maximum absolute atomic E-state index is 14.0. The van der Waals surface area contributed by atoms with Crippen molar-refractivity contribution < 1.29 is 47.9 Å². The lowest BCUT2D eigenvalue weighted by Gasteiger charge is -2.27. The van der Waals surface area contributed by atoms with Gasteiger partial charge in [-0.15, -0.1) is 0 Å². The molecule has 4 heterocycles. The van der Waals surface area contributed by atoms with Gasteiger partial charge >= 0.3 is 18.7 Å². The predicted octanol–water partition coefficient (Wildman–Crippen LogP) is -0.236. The van der Waals surface area contributed by atoms with E-state index in [2.05, 4.69) is 25.4 Å². The number of aliphatic hydroxyl groups is 2. The van der Waals surface area contributed by atoms with Gasteiger partial charge in [0.1, 0.15) is 29.9 Å². The number of urea groups is 1. The highest BCUT2D eigenvalue weighted by Crippen LogP contribution is 2.57. The van der Waals surface area contributed by atoms with Crippen LogP contribution in [0.4, 0.5) is 10.7 Å². The van der Waals surface area contributed by atoms with Crippen LogP contribution in [-0.2, 0) is 28.2 Å². The first-order valence-electron chi connectivity index (χ1n) is 13.1. The molecule has 2 aliphatic heterocycles. The number of imidazole rings is 1. The molecule has 6 N–H and O–H groups in total. The molecule has 2 aromatic rings.